The minimum atomic E-state index is -2.91. The molecule has 7 heteroatoms. The predicted octanol–water partition coefficient (Wildman–Crippen LogP) is 0.651. The van der Waals surface area contributed by atoms with Crippen molar-refractivity contribution in [2.45, 2.75) is 6.92 Å². The van der Waals surface area contributed by atoms with Gasteiger partial charge in [-0.1, -0.05) is 6.92 Å². The van der Waals surface area contributed by atoms with Crippen LogP contribution >= 0.6 is 0 Å². The molecule has 2 aliphatic heterocycles. The fourth-order valence-corrected chi connectivity index (χ4v) is 5.85. The number of nitrogens with zero attached hydrogens (tertiary/aromatic N) is 2. The van der Waals surface area contributed by atoms with Crippen molar-refractivity contribution in [3.63, 3.8) is 0 Å². The van der Waals surface area contributed by atoms with Gasteiger partial charge in [-0.3, -0.25) is 0 Å². The number of carboxylic acid groups (broad SMARTS) is 1. The molecule has 2 atom stereocenters. The summed E-state index contributed by atoms with van der Waals surface area (Å²) in [6.07, 6.45) is 1.34. The molecule has 0 amide bonds. The number of hydrogen-bond donors (Lipinski definition) is 1. The molecule has 108 valence electrons. The third kappa shape index (κ3) is 2.15. The Labute approximate surface area is 117 Å². The van der Waals surface area contributed by atoms with E-state index < -0.39 is 15.8 Å². The van der Waals surface area contributed by atoms with Crippen LogP contribution in [-0.4, -0.2) is 49.1 Å². The molecule has 0 bridgehead atoms. The molecule has 1 aromatic heterocycles. The van der Waals surface area contributed by atoms with Crippen LogP contribution in [-0.2, 0) is 9.84 Å². The van der Waals surface area contributed by atoms with E-state index in [1.807, 2.05) is 11.8 Å². The second-order valence-corrected chi connectivity index (χ2v) is 8.11. The van der Waals surface area contributed by atoms with Gasteiger partial charge in [-0.2, -0.15) is 0 Å². The van der Waals surface area contributed by atoms with Crippen LogP contribution in [0.5, 0.6) is 0 Å². The second-order valence-electron chi connectivity index (χ2n) is 6.00. The number of aromatic nitrogens is 1. The van der Waals surface area contributed by atoms with Gasteiger partial charge < -0.3 is 10.0 Å². The molecule has 0 aliphatic carbocycles. The summed E-state index contributed by atoms with van der Waals surface area (Å²) >= 11 is 0. The summed E-state index contributed by atoms with van der Waals surface area (Å²) < 4.78 is 23.4. The molecule has 0 radical (unpaired) electrons. The Balaban J connectivity index is 1.80. The Morgan fingerprint density at radius 1 is 1.50 bits per heavy atom. The van der Waals surface area contributed by atoms with E-state index >= 15 is 0 Å². The zero-order valence-corrected chi connectivity index (χ0v) is 11.9. The monoisotopic (exact) mass is 296 g/mol. The molecule has 2 aliphatic rings. The van der Waals surface area contributed by atoms with Crippen LogP contribution in [0.3, 0.4) is 0 Å². The Bertz CT molecular complexity index is 655. The molecule has 1 N–H and O–H groups in total. The van der Waals surface area contributed by atoms with Gasteiger partial charge in [0.25, 0.3) is 0 Å². The van der Waals surface area contributed by atoms with E-state index in [9.17, 15) is 13.2 Å². The smallest absolute Gasteiger partial charge is 0.337 e. The third-order valence-electron chi connectivity index (χ3n) is 4.30. The highest BCUT2D eigenvalue weighted by molar-refractivity contribution is 7.91. The van der Waals surface area contributed by atoms with E-state index in [2.05, 4.69) is 4.98 Å². The minimum Gasteiger partial charge on any atom is -0.478 e. The summed E-state index contributed by atoms with van der Waals surface area (Å²) in [7, 11) is -2.91. The SMILES string of the molecule is C[C@]12CN(c3ccc(C(=O)O)cn3)C[C@H]1CS(=O)(=O)C2. The normalized spacial score (nSPS) is 31.2. The van der Waals surface area contributed by atoms with Crippen LogP contribution in [0.25, 0.3) is 0 Å². The van der Waals surface area contributed by atoms with Crippen LogP contribution in [0, 0.1) is 11.3 Å². The number of sulfone groups is 1. The number of anilines is 1. The number of carbonyl (C=O) groups is 1. The van der Waals surface area contributed by atoms with E-state index in [0.717, 1.165) is 0 Å². The number of carboxylic acids is 1. The molecule has 0 spiro atoms. The molecule has 3 rings (SSSR count). The fourth-order valence-electron chi connectivity index (χ4n) is 3.28. The molecular formula is C13H16N2O4S. The maximum atomic E-state index is 11.7. The molecule has 3 heterocycles. The van der Waals surface area contributed by atoms with Crippen molar-refractivity contribution in [1.29, 1.82) is 0 Å². The standard InChI is InChI=1S/C13H16N2O4S/c1-13-7-15(5-10(13)6-20(18,19)8-13)11-3-2-9(4-14-11)12(16)17/h2-4,10H,5-8H2,1H3,(H,16,17)/t10-,13+/m0/s1. The maximum Gasteiger partial charge on any atom is 0.337 e. The van der Waals surface area contributed by atoms with Crippen LogP contribution in [0.4, 0.5) is 5.82 Å². The second kappa shape index (κ2) is 4.18. The zero-order chi connectivity index (χ0) is 14.5. The van der Waals surface area contributed by atoms with Gasteiger partial charge in [0.15, 0.2) is 9.84 Å². The lowest BCUT2D eigenvalue weighted by atomic mass is 9.84. The van der Waals surface area contributed by atoms with Gasteiger partial charge in [0.1, 0.15) is 5.82 Å². The van der Waals surface area contributed by atoms with Gasteiger partial charge in [-0.05, 0) is 18.1 Å². The van der Waals surface area contributed by atoms with Crippen molar-refractivity contribution in [2.75, 3.05) is 29.5 Å². The average Bonchev–Trinajstić information content (AvgIpc) is 2.75. The van der Waals surface area contributed by atoms with Crippen molar-refractivity contribution in [2.24, 2.45) is 11.3 Å². The minimum absolute atomic E-state index is 0.133. The number of aromatic carboxylic acids is 1. The Morgan fingerprint density at radius 2 is 2.25 bits per heavy atom. The first kappa shape index (κ1) is 13.4. The fraction of sp³-hybridized carbons (Fsp3) is 0.538. The quantitative estimate of drug-likeness (QED) is 0.862. The molecule has 20 heavy (non-hydrogen) atoms. The van der Waals surface area contributed by atoms with E-state index in [0.29, 0.717) is 18.9 Å². The topological polar surface area (TPSA) is 87.6 Å². The predicted molar refractivity (Wildman–Crippen MR) is 73.7 cm³/mol. The summed E-state index contributed by atoms with van der Waals surface area (Å²) in [6, 6.07) is 3.21. The maximum absolute atomic E-state index is 11.7. The van der Waals surface area contributed by atoms with E-state index in [1.54, 1.807) is 6.07 Å². The summed E-state index contributed by atoms with van der Waals surface area (Å²) in [5.41, 5.74) is -0.0617. The molecule has 2 saturated heterocycles. The summed E-state index contributed by atoms with van der Waals surface area (Å²) in [4.78, 5) is 17.0. The van der Waals surface area contributed by atoms with Gasteiger partial charge in [-0.15, -0.1) is 0 Å². The molecule has 0 aromatic carbocycles. The average molecular weight is 296 g/mol. The Hall–Kier alpha value is -1.63. The number of rotatable bonds is 2. The van der Waals surface area contributed by atoms with Gasteiger partial charge >= 0.3 is 5.97 Å². The van der Waals surface area contributed by atoms with E-state index in [1.165, 1.54) is 12.3 Å². The van der Waals surface area contributed by atoms with Crippen molar-refractivity contribution in [3.8, 4) is 0 Å². The highest BCUT2D eigenvalue weighted by atomic mass is 32.2. The molecule has 0 unspecified atom stereocenters. The van der Waals surface area contributed by atoms with Gasteiger partial charge in [0.05, 0.1) is 17.1 Å². The number of hydrogen-bond acceptors (Lipinski definition) is 5. The highest BCUT2D eigenvalue weighted by Gasteiger charge is 2.52. The Morgan fingerprint density at radius 3 is 2.80 bits per heavy atom. The van der Waals surface area contributed by atoms with Gasteiger partial charge in [-0.25, -0.2) is 18.2 Å². The van der Waals surface area contributed by atoms with Crippen LogP contribution in [0.15, 0.2) is 18.3 Å². The molecule has 0 saturated carbocycles. The molecule has 2 fully saturated rings. The van der Waals surface area contributed by atoms with E-state index in [-0.39, 0.29) is 28.4 Å². The molecule has 1 aromatic rings. The van der Waals surface area contributed by atoms with Crippen LogP contribution in [0.1, 0.15) is 17.3 Å². The lowest BCUT2D eigenvalue weighted by molar-refractivity contribution is 0.0696. The highest BCUT2D eigenvalue weighted by Crippen LogP contribution is 2.44. The molecule has 6 nitrogen and oxygen atoms in total. The van der Waals surface area contributed by atoms with Crippen molar-refractivity contribution < 1.29 is 18.3 Å². The number of pyridine rings is 1. The zero-order valence-electron chi connectivity index (χ0n) is 11.1. The first-order chi connectivity index (χ1) is 9.29. The molecular weight excluding hydrogens is 280 g/mol. The third-order valence-corrected chi connectivity index (χ3v) is 6.31. The lowest BCUT2D eigenvalue weighted by Gasteiger charge is -2.22. The van der Waals surface area contributed by atoms with E-state index in [4.69, 9.17) is 5.11 Å². The first-order valence-corrected chi connectivity index (χ1v) is 8.26. The summed E-state index contributed by atoms with van der Waals surface area (Å²) in [5.74, 6) is 0.318. The van der Waals surface area contributed by atoms with Crippen molar-refractivity contribution in [1.82, 2.24) is 4.98 Å². The van der Waals surface area contributed by atoms with Gasteiger partial charge in [0, 0.05) is 24.7 Å². The first-order valence-electron chi connectivity index (χ1n) is 6.44. The summed E-state index contributed by atoms with van der Waals surface area (Å²) in [5, 5.41) is 8.85. The van der Waals surface area contributed by atoms with Crippen LogP contribution < -0.4 is 4.90 Å². The van der Waals surface area contributed by atoms with Crippen LogP contribution in [0.2, 0.25) is 0 Å². The summed E-state index contributed by atoms with van der Waals surface area (Å²) in [6.45, 7) is 3.32. The lowest BCUT2D eigenvalue weighted by Crippen LogP contribution is -2.29. The van der Waals surface area contributed by atoms with Crippen molar-refractivity contribution in [3.05, 3.63) is 23.9 Å². The van der Waals surface area contributed by atoms with Gasteiger partial charge in [0.2, 0.25) is 0 Å². The number of fused-ring (bicyclic) bond motifs is 1. The van der Waals surface area contributed by atoms with Crippen molar-refractivity contribution >= 4 is 21.6 Å². The Kier molecular flexibility index (Phi) is 2.79. The largest absolute Gasteiger partial charge is 0.478 e.